The molecule has 0 unspecified atom stereocenters. The van der Waals surface area contributed by atoms with E-state index in [0.717, 1.165) is 10.0 Å². The summed E-state index contributed by atoms with van der Waals surface area (Å²) in [6, 6.07) is 5.35. The minimum absolute atomic E-state index is 0.205. The van der Waals surface area contributed by atoms with Gasteiger partial charge in [-0.05, 0) is 41.9 Å². The lowest BCUT2D eigenvalue weighted by molar-refractivity contribution is -0.123. The smallest absolute Gasteiger partial charge is 0.251 e. The quantitative estimate of drug-likeness (QED) is 0.611. The number of hydrogen-bond acceptors (Lipinski definition) is 3. The topological polar surface area (TPSA) is 64.7 Å². The summed E-state index contributed by atoms with van der Waals surface area (Å²) in [5.74, 6) is -0.205. The summed E-state index contributed by atoms with van der Waals surface area (Å²) < 4.78 is 4.07. The molecule has 0 radical (unpaired) electrons. The summed E-state index contributed by atoms with van der Waals surface area (Å²) >= 11 is 15.7. The van der Waals surface area contributed by atoms with E-state index in [1.165, 1.54) is 0 Å². The molecule has 136 valence electrons. The fraction of sp³-hybridized carbons (Fsp3) is 0.235. The highest BCUT2D eigenvalue weighted by Gasteiger charge is 2.31. The minimum atomic E-state index is -0.861. The first-order chi connectivity index (χ1) is 12.3. The van der Waals surface area contributed by atoms with Gasteiger partial charge in [-0.1, -0.05) is 29.3 Å². The summed E-state index contributed by atoms with van der Waals surface area (Å²) in [4.78, 5) is 12.7. The van der Waals surface area contributed by atoms with Gasteiger partial charge in [-0.2, -0.15) is 10.2 Å². The summed E-state index contributed by atoms with van der Waals surface area (Å²) in [6.45, 7) is 3.98. The van der Waals surface area contributed by atoms with Gasteiger partial charge in [0.25, 0.3) is 5.91 Å². The Morgan fingerprint density at radius 3 is 2.50 bits per heavy atom. The van der Waals surface area contributed by atoms with Crippen LogP contribution in [0.5, 0.6) is 0 Å². The van der Waals surface area contributed by atoms with E-state index in [9.17, 15) is 4.79 Å². The Morgan fingerprint density at radius 1 is 1.19 bits per heavy atom. The molecule has 0 aliphatic heterocycles. The number of carbonyl (C=O) groups excluding carboxylic acids is 1. The molecule has 26 heavy (non-hydrogen) atoms. The van der Waals surface area contributed by atoms with Gasteiger partial charge in [0.1, 0.15) is 5.54 Å². The second kappa shape index (κ2) is 7.42. The first-order valence-electron chi connectivity index (χ1n) is 7.75. The van der Waals surface area contributed by atoms with E-state index in [0.29, 0.717) is 22.3 Å². The molecular weight excluding hydrogens is 441 g/mol. The Bertz CT molecular complexity index is 930. The van der Waals surface area contributed by atoms with Gasteiger partial charge in [0.05, 0.1) is 29.1 Å². The third-order valence-electron chi connectivity index (χ3n) is 3.95. The molecule has 3 aromatic rings. The number of hydrogen-bond donors (Lipinski definition) is 1. The SMILES string of the molecule is CC(C)(C(=O)Nc1cnn(Cc2c(Cl)cccc2Cl)c1)n1cc(Br)cn1. The standard InChI is InChI=1S/C17H16BrCl2N5O/c1-17(2,25-8-11(18)6-22-25)16(26)23-12-7-21-24(9-12)10-13-14(19)4-3-5-15(13)20/h3-9H,10H2,1-2H3,(H,23,26). The third-order valence-corrected chi connectivity index (χ3v) is 5.07. The number of halogens is 3. The Balaban J connectivity index is 1.73. The van der Waals surface area contributed by atoms with Crippen molar-refractivity contribution in [1.82, 2.24) is 19.6 Å². The van der Waals surface area contributed by atoms with Crippen molar-refractivity contribution in [2.24, 2.45) is 0 Å². The predicted molar refractivity (Wildman–Crippen MR) is 106 cm³/mol. The Kier molecular flexibility index (Phi) is 5.41. The molecule has 2 heterocycles. The second-order valence-corrected chi connectivity index (χ2v) is 7.97. The summed E-state index contributed by atoms with van der Waals surface area (Å²) in [7, 11) is 0. The highest BCUT2D eigenvalue weighted by molar-refractivity contribution is 9.10. The predicted octanol–water partition coefficient (Wildman–Crippen LogP) is 4.57. The van der Waals surface area contributed by atoms with Crippen LogP contribution in [-0.4, -0.2) is 25.5 Å². The fourth-order valence-electron chi connectivity index (χ4n) is 2.35. The van der Waals surface area contributed by atoms with Crippen LogP contribution in [-0.2, 0) is 16.9 Å². The van der Waals surface area contributed by atoms with E-state index in [2.05, 4.69) is 31.4 Å². The molecule has 2 aromatic heterocycles. The minimum Gasteiger partial charge on any atom is -0.321 e. The first-order valence-corrected chi connectivity index (χ1v) is 9.29. The van der Waals surface area contributed by atoms with Crippen molar-refractivity contribution < 1.29 is 4.79 Å². The molecule has 3 rings (SSSR count). The van der Waals surface area contributed by atoms with Crippen LogP contribution in [0.4, 0.5) is 5.69 Å². The van der Waals surface area contributed by atoms with E-state index in [1.54, 1.807) is 66.2 Å². The number of benzene rings is 1. The molecule has 1 amide bonds. The third kappa shape index (κ3) is 3.95. The molecule has 0 atom stereocenters. The molecule has 0 fully saturated rings. The normalized spacial score (nSPS) is 11.6. The summed E-state index contributed by atoms with van der Waals surface area (Å²) in [5, 5.41) is 12.5. The van der Waals surface area contributed by atoms with Crippen LogP contribution in [0.25, 0.3) is 0 Å². The van der Waals surface area contributed by atoms with E-state index >= 15 is 0 Å². The van der Waals surface area contributed by atoms with Crippen molar-refractivity contribution in [1.29, 1.82) is 0 Å². The van der Waals surface area contributed by atoms with Crippen LogP contribution < -0.4 is 5.32 Å². The van der Waals surface area contributed by atoms with Crippen molar-refractivity contribution in [2.75, 3.05) is 5.32 Å². The Hall–Kier alpha value is -1.83. The summed E-state index contributed by atoms with van der Waals surface area (Å²) in [6.07, 6.45) is 6.70. The van der Waals surface area contributed by atoms with Crippen molar-refractivity contribution >= 4 is 50.7 Å². The number of aromatic nitrogens is 4. The van der Waals surface area contributed by atoms with Crippen molar-refractivity contribution in [3.8, 4) is 0 Å². The molecule has 0 saturated carbocycles. The van der Waals surface area contributed by atoms with Gasteiger partial charge in [0.2, 0.25) is 0 Å². The lowest BCUT2D eigenvalue weighted by Crippen LogP contribution is -2.40. The maximum Gasteiger partial charge on any atom is 0.251 e. The second-order valence-electron chi connectivity index (χ2n) is 6.24. The number of amides is 1. The Morgan fingerprint density at radius 2 is 1.88 bits per heavy atom. The fourth-order valence-corrected chi connectivity index (χ4v) is 3.16. The van der Waals surface area contributed by atoms with Crippen LogP contribution in [0, 0.1) is 0 Å². The van der Waals surface area contributed by atoms with Crippen LogP contribution in [0.2, 0.25) is 10.0 Å². The Labute approximate surface area is 169 Å². The molecule has 0 aliphatic carbocycles. The average Bonchev–Trinajstić information content (AvgIpc) is 3.20. The molecule has 0 spiro atoms. The van der Waals surface area contributed by atoms with E-state index in [4.69, 9.17) is 23.2 Å². The highest BCUT2D eigenvalue weighted by atomic mass is 79.9. The average molecular weight is 457 g/mol. The van der Waals surface area contributed by atoms with Crippen molar-refractivity contribution in [3.05, 3.63) is 63.1 Å². The number of rotatable bonds is 5. The first kappa shape index (κ1) is 18.9. The molecule has 6 nitrogen and oxygen atoms in total. The highest BCUT2D eigenvalue weighted by Crippen LogP contribution is 2.25. The van der Waals surface area contributed by atoms with Crippen molar-refractivity contribution in [2.45, 2.75) is 25.9 Å². The van der Waals surface area contributed by atoms with Gasteiger partial charge in [0, 0.05) is 28.0 Å². The van der Waals surface area contributed by atoms with Gasteiger partial charge in [0.15, 0.2) is 0 Å². The van der Waals surface area contributed by atoms with E-state index in [-0.39, 0.29) is 5.91 Å². The van der Waals surface area contributed by atoms with Gasteiger partial charge < -0.3 is 5.32 Å². The number of carbonyl (C=O) groups is 1. The lowest BCUT2D eigenvalue weighted by Gasteiger charge is -2.23. The zero-order valence-corrected chi connectivity index (χ0v) is 17.2. The van der Waals surface area contributed by atoms with Crippen LogP contribution in [0.15, 0.2) is 47.5 Å². The maximum absolute atomic E-state index is 12.7. The molecule has 1 aromatic carbocycles. The van der Waals surface area contributed by atoms with Gasteiger partial charge in [-0.25, -0.2) is 0 Å². The molecule has 0 aliphatic rings. The molecule has 9 heteroatoms. The zero-order chi connectivity index (χ0) is 18.9. The van der Waals surface area contributed by atoms with Gasteiger partial charge >= 0.3 is 0 Å². The largest absolute Gasteiger partial charge is 0.321 e. The van der Waals surface area contributed by atoms with E-state index in [1.807, 2.05) is 0 Å². The van der Waals surface area contributed by atoms with Crippen LogP contribution in [0.1, 0.15) is 19.4 Å². The van der Waals surface area contributed by atoms with Crippen LogP contribution >= 0.6 is 39.1 Å². The number of nitrogens with zero attached hydrogens (tertiary/aromatic N) is 4. The lowest BCUT2D eigenvalue weighted by atomic mass is 10.1. The van der Waals surface area contributed by atoms with E-state index < -0.39 is 5.54 Å². The van der Waals surface area contributed by atoms with Crippen molar-refractivity contribution in [3.63, 3.8) is 0 Å². The number of nitrogens with one attached hydrogen (secondary N) is 1. The van der Waals surface area contributed by atoms with Gasteiger partial charge in [-0.15, -0.1) is 0 Å². The monoisotopic (exact) mass is 455 g/mol. The molecule has 0 saturated heterocycles. The number of anilines is 1. The van der Waals surface area contributed by atoms with Gasteiger partial charge in [-0.3, -0.25) is 14.2 Å². The zero-order valence-electron chi connectivity index (χ0n) is 14.1. The molecule has 1 N–H and O–H groups in total. The molecule has 0 bridgehead atoms. The molecular formula is C17H16BrCl2N5O. The summed E-state index contributed by atoms with van der Waals surface area (Å²) in [5.41, 5.74) is 0.496. The maximum atomic E-state index is 12.7. The van der Waals surface area contributed by atoms with Crippen LogP contribution in [0.3, 0.4) is 0 Å².